The molecule has 1 aromatic carbocycles. The predicted octanol–water partition coefficient (Wildman–Crippen LogP) is 4.01. The number of ether oxygens (including phenoxy) is 1. The Morgan fingerprint density at radius 3 is 2.75 bits per heavy atom. The molecule has 0 saturated heterocycles. The SMILES string of the molecule is N#CC1=C(N)Oc2n[nH]c(-c3cccs3)c2[C@@H]1c1ccc(Cl)cc1. The Balaban J connectivity index is 1.95. The van der Waals surface area contributed by atoms with Crippen molar-refractivity contribution >= 4 is 22.9 Å². The zero-order chi connectivity index (χ0) is 16.7. The lowest BCUT2D eigenvalue weighted by Gasteiger charge is -2.23. The molecule has 118 valence electrons. The minimum atomic E-state index is -0.355. The van der Waals surface area contributed by atoms with Crippen LogP contribution in [0.25, 0.3) is 10.6 Å². The fourth-order valence-corrected chi connectivity index (χ4v) is 3.70. The van der Waals surface area contributed by atoms with Crippen LogP contribution >= 0.6 is 22.9 Å². The first-order chi connectivity index (χ1) is 11.7. The predicted molar refractivity (Wildman–Crippen MR) is 92.7 cm³/mol. The van der Waals surface area contributed by atoms with Gasteiger partial charge in [0.2, 0.25) is 11.8 Å². The molecule has 0 saturated carbocycles. The molecule has 0 spiro atoms. The van der Waals surface area contributed by atoms with Gasteiger partial charge in [-0.2, -0.15) is 5.26 Å². The number of aromatic nitrogens is 2. The van der Waals surface area contributed by atoms with Gasteiger partial charge in [0.1, 0.15) is 11.6 Å². The van der Waals surface area contributed by atoms with E-state index in [1.165, 1.54) is 0 Å². The summed E-state index contributed by atoms with van der Waals surface area (Å²) in [7, 11) is 0. The van der Waals surface area contributed by atoms with Gasteiger partial charge in [0, 0.05) is 5.02 Å². The van der Waals surface area contributed by atoms with Gasteiger partial charge in [0.25, 0.3) is 0 Å². The maximum Gasteiger partial charge on any atom is 0.244 e. The van der Waals surface area contributed by atoms with Gasteiger partial charge in [-0.3, -0.25) is 5.10 Å². The van der Waals surface area contributed by atoms with Gasteiger partial charge >= 0.3 is 0 Å². The summed E-state index contributed by atoms with van der Waals surface area (Å²) in [6.45, 7) is 0. The zero-order valence-corrected chi connectivity index (χ0v) is 13.9. The van der Waals surface area contributed by atoms with Gasteiger partial charge in [-0.05, 0) is 29.1 Å². The zero-order valence-electron chi connectivity index (χ0n) is 12.3. The monoisotopic (exact) mass is 354 g/mol. The number of nitrogens with two attached hydrogens (primary N) is 1. The van der Waals surface area contributed by atoms with Crippen molar-refractivity contribution in [3.05, 3.63) is 69.4 Å². The van der Waals surface area contributed by atoms with Crippen molar-refractivity contribution in [1.29, 1.82) is 5.26 Å². The van der Waals surface area contributed by atoms with E-state index in [-0.39, 0.29) is 11.8 Å². The van der Waals surface area contributed by atoms with Crippen molar-refractivity contribution in [3.8, 4) is 22.5 Å². The summed E-state index contributed by atoms with van der Waals surface area (Å²) in [6.07, 6.45) is 0. The molecule has 1 aliphatic heterocycles. The molecule has 0 fully saturated rings. The van der Waals surface area contributed by atoms with E-state index < -0.39 is 0 Å². The Hall–Kier alpha value is -2.75. The van der Waals surface area contributed by atoms with Gasteiger partial charge in [-0.15, -0.1) is 16.4 Å². The molecule has 0 aliphatic carbocycles. The normalized spacial score (nSPS) is 16.4. The van der Waals surface area contributed by atoms with Crippen molar-refractivity contribution in [1.82, 2.24) is 10.2 Å². The van der Waals surface area contributed by atoms with Crippen LogP contribution in [0.15, 0.2) is 53.2 Å². The number of allylic oxidation sites excluding steroid dienone is 1. The van der Waals surface area contributed by atoms with E-state index in [0.29, 0.717) is 16.5 Å². The van der Waals surface area contributed by atoms with E-state index in [2.05, 4.69) is 16.3 Å². The molecule has 1 atom stereocenters. The molecule has 0 unspecified atom stereocenters. The first kappa shape index (κ1) is 14.8. The highest BCUT2D eigenvalue weighted by Crippen LogP contribution is 2.46. The fourth-order valence-electron chi connectivity index (χ4n) is 2.84. The van der Waals surface area contributed by atoms with E-state index in [9.17, 15) is 5.26 Å². The van der Waals surface area contributed by atoms with Gasteiger partial charge in [-0.25, -0.2) is 0 Å². The highest BCUT2D eigenvalue weighted by atomic mass is 35.5. The lowest BCUT2D eigenvalue weighted by molar-refractivity contribution is 0.379. The molecule has 24 heavy (non-hydrogen) atoms. The van der Waals surface area contributed by atoms with Crippen LogP contribution in [0.3, 0.4) is 0 Å². The molecule has 0 radical (unpaired) electrons. The van der Waals surface area contributed by atoms with E-state index in [1.54, 1.807) is 23.5 Å². The number of thiophene rings is 1. The minimum Gasteiger partial charge on any atom is -0.420 e. The molecule has 0 amide bonds. The van der Waals surface area contributed by atoms with E-state index >= 15 is 0 Å². The Bertz CT molecular complexity index is 967. The second-order valence-corrected chi connectivity index (χ2v) is 6.66. The highest BCUT2D eigenvalue weighted by molar-refractivity contribution is 7.13. The summed E-state index contributed by atoms with van der Waals surface area (Å²) < 4.78 is 5.56. The Labute approximate surface area is 146 Å². The molecule has 3 heterocycles. The molecule has 5 nitrogen and oxygen atoms in total. The van der Waals surface area contributed by atoms with Gasteiger partial charge in [-0.1, -0.05) is 29.8 Å². The van der Waals surface area contributed by atoms with Crippen LogP contribution < -0.4 is 10.5 Å². The molecule has 7 heteroatoms. The van der Waals surface area contributed by atoms with Crippen LogP contribution in [0.5, 0.6) is 5.88 Å². The number of hydrogen-bond acceptors (Lipinski definition) is 5. The highest BCUT2D eigenvalue weighted by Gasteiger charge is 2.35. The third kappa shape index (κ3) is 2.26. The van der Waals surface area contributed by atoms with Crippen LogP contribution in [0, 0.1) is 11.3 Å². The summed E-state index contributed by atoms with van der Waals surface area (Å²) in [4.78, 5) is 1.02. The second kappa shape index (κ2) is 5.71. The summed E-state index contributed by atoms with van der Waals surface area (Å²) in [5.41, 5.74) is 8.86. The van der Waals surface area contributed by atoms with Crippen molar-refractivity contribution in [2.75, 3.05) is 0 Å². The number of halogens is 1. The average Bonchev–Trinajstić information content (AvgIpc) is 3.23. The maximum atomic E-state index is 9.61. The third-order valence-corrected chi connectivity index (χ3v) is 5.05. The van der Waals surface area contributed by atoms with Crippen molar-refractivity contribution in [2.45, 2.75) is 5.92 Å². The van der Waals surface area contributed by atoms with Crippen LogP contribution in [0.2, 0.25) is 5.02 Å². The van der Waals surface area contributed by atoms with Crippen LogP contribution in [0.1, 0.15) is 17.0 Å². The summed E-state index contributed by atoms with van der Waals surface area (Å²) in [5, 5.41) is 19.5. The Morgan fingerprint density at radius 2 is 2.08 bits per heavy atom. The van der Waals surface area contributed by atoms with Gasteiger partial charge in [0.15, 0.2) is 0 Å². The number of nitriles is 1. The number of aromatic amines is 1. The first-order valence-electron chi connectivity index (χ1n) is 7.14. The number of hydrogen-bond donors (Lipinski definition) is 2. The van der Waals surface area contributed by atoms with Crippen molar-refractivity contribution < 1.29 is 4.74 Å². The standard InChI is InChI=1S/C17H11ClN4OS/c18-10-5-3-9(4-6-10)13-11(8-19)16(20)23-17-14(13)15(21-22-17)12-2-1-7-24-12/h1-7,13H,20H2,(H,21,22)/t13-/m1/s1. The molecule has 4 rings (SSSR count). The summed E-state index contributed by atoms with van der Waals surface area (Å²) in [6, 6.07) is 13.5. The molecule has 2 aromatic heterocycles. The number of benzene rings is 1. The van der Waals surface area contributed by atoms with E-state index in [1.807, 2.05) is 29.6 Å². The molecular formula is C17H11ClN4OS. The average molecular weight is 355 g/mol. The Kier molecular flexibility index (Phi) is 3.53. The molecule has 3 aromatic rings. The van der Waals surface area contributed by atoms with Crippen molar-refractivity contribution in [2.24, 2.45) is 5.73 Å². The van der Waals surface area contributed by atoms with Gasteiger partial charge < -0.3 is 10.5 Å². The number of nitrogens with zero attached hydrogens (tertiary/aromatic N) is 2. The van der Waals surface area contributed by atoms with Gasteiger partial charge in [0.05, 0.1) is 22.1 Å². The lowest BCUT2D eigenvalue weighted by atomic mass is 9.84. The number of rotatable bonds is 2. The molecule has 0 bridgehead atoms. The van der Waals surface area contributed by atoms with E-state index in [4.69, 9.17) is 22.1 Å². The van der Waals surface area contributed by atoms with Crippen LogP contribution in [0.4, 0.5) is 0 Å². The quantitative estimate of drug-likeness (QED) is 0.727. The van der Waals surface area contributed by atoms with Crippen LogP contribution in [-0.4, -0.2) is 10.2 Å². The topological polar surface area (TPSA) is 87.7 Å². The lowest BCUT2D eigenvalue weighted by Crippen LogP contribution is -2.20. The smallest absolute Gasteiger partial charge is 0.244 e. The second-order valence-electron chi connectivity index (χ2n) is 5.27. The third-order valence-electron chi connectivity index (χ3n) is 3.91. The molecule has 1 aliphatic rings. The fraction of sp³-hybridized carbons (Fsp3) is 0.0588. The number of nitrogens with one attached hydrogen (secondary N) is 1. The summed E-state index contributed by atoms with van der Waals surface area (Å²) in [5.74, 6) is 0.121. The Morgan fingerprint density at radius 1 is 1.29 bits per heavy atom. The van der Waals surface area contributed by atoms with E-state index in [0.717, 1.165) is 21.7 Å². The largest absolute Gasteiger partial charge is 0.420 e. The number of fused-ring (bicyclic) bond motifs is 1. The van der Waals surface area contributed by atoms with Crippen molar-refractivity contribution in [3.63, 3.8) is 0 Å². The number of H-pyrrole nitrogens is 1. The molecule has 3 N–H and O–H groups in total. The summed E-state index contributed by atoms with van der Waals surface area (Å²) >= 11 is 7.58. The minimum absolute atomic E-state index is 0.0779. The maximum absolute atomic E-state index is 9.61. The first-order valence-corrected chi connectivity index (χ1v) is 8.40. The van der Waals surface area contributed by atoms with Crippen LogP contribution in [-0.2, 0) is 0 Å². The molecular weight excluding hydrogens is 344 g/mol.